The van der Waals surface area contributed by atoms with E-state index in [4.69, 9.17) is 0 Å². The number of nitrogens with zero attached hydrogens (tertiary/aromatic N) is 1. The zero-order chi connectivity index (χ0) is 19.8. The predicted molar refractivity (Wildman–Crippen MR) is 105 cm³/mol. The first kappa shape index (κ1) is 18.5. The molecule has 0 spiro atoms. The van der Waals surface area contributed by atoms with Gasteiger partial charge in [0.05, 0.1) is 5.56 Å². The van der Waals surface area contributed by atoms with Gasteiger partial charge in [-0.25, -0.2) is 8.78 Å². The third-order valence-corrected chi connectivity index (χ3v) is 5.28. The molecule has 144 valence electrons. The number of carbonyl (C=O) groups excluding carboxylic acids is 1. The van der Waals surface area contributed by atoms with Crippen molar-refractivity contribution in [3.05, 3.63) is 77.7 Å². The number of fused-ring (bicyclic) bond motifs is 1. The van der Waals surface area contributed by atoms with E-state index in [1.165, 1.54) is 12.3 Å². The smallest absolute Gasteiger partial charge is 0.253 e. The topological polar surface area (TPSA) is 42.0 Å². The number of alkyl halides is 1. The van der Waals surface area contributed by atoms with Crippen molar-refractivity contribution < 1.29 is 13.6 Å². The lowest BCUT2D eigenvalue weighted by molar-refractivity contribution is 0.0877. The molecule has 2 aromatic carbocycles. The number of aromatic nitrogens is 1. The van der Waals surface area contributed by atoms with Crippen molar-refractivity contribution in [1.29, 1.82) is 0 Å². The fraction of sp³-hybridized carbons (Fsp3) is 0.304. The molecule has 1 aromatic heterocycles. The Morgan fingerprint density at radius 3 is 2.64 bits per heavy atom. The van der Waals surface area contributed by atoms with Crippen molar-refractivity contribution in [1.82, 2.24) is 10.3 Å². The van der Waals surface area contributed by atoms with Gasteiger partial charge in [-0.1, -0.05) is 42.5 Å². The van der Waals surface area contributed by atoms with E-state index in [-0.39, 0.29) is 17.8 Å². The molecular weight excluding hydrogens is 358 g/mol. The highest BCUT2D eigenvalue weighted by atomic mass is 19.1. The Morgan fingerprint density at radius 2 is 1.93 bits per heavy atom. The van der Waals surface area contributed by atoms with E-state index in [1.54, 1.807) is 18.2 Å². The molecule has 0 saturated heterocycles. The maximum atomic E-state index is 14.6. The molecule has 0 aliphatic heterocycles. The molecule has 3 aromatic rings. The molecule has 0 bridgehead atoms. The van der Waals surface area contributed by atoms with E-state index >= 15 is 0 Å². The molecule has 1 atom stereocenters. The van der Waals surface area contributed by atoms with E-state index in [0.29, 0.717) is 30.2 Å². The maximum absolute atomic E-state index is 14.6. The second-order valence-corrected chi connectivity index (χ2v) is 8.04. The van der Waals surface area contributed by atoms with Crippen LogP contribution in [0.3, 0.4) is 0 Å². The largest absolute Gasteiger partial charge is 0.346 e. The van der Waals surface area contributed by atoms with Gasteiger partial charge in [-0.15, -0.1) is 0 Å². The van der Waals surface area contributed by atoms with Crippen molar-refractivity contribution in [3.8, 4) is 0 Å². The summed E-state index contributed by atoms with van der Waals surface area (Å²) in [5, 5.41) is 3.58. The van der Waals surface area contributed by atoms with Gasteiger partial charge in [0, 0.05) is 23.5 Å². The van der Waals surface area contributed by atoms with E-state index in [1.807, 2.05) is 37.3 Å². The van der Waals surface area contributed by atoms with Gasteiger partial charge in [-0.05, 0) is 43.9 Å². The number of amides is 1. The molecule has 1 fully saturated rings. The highest BCUT2D eigenvalue weighted by Gasteiger charge is 2.48. The Bertz CT molecular complexity index is 1020. The van der Waals surface area contributed by atoms with Crippen LogP contribution in [-0.4, -0.2) is 22.1 Å². The van der Waals surface area contributed by atoms with Crippen molar-refractivity contribution in [2.45, 2.75) is 43.8 Å². The second-order valence-electron chi connectivity index (χ2n) is 8.04. The molecule has 1 saturated carbocycles. The number of carbonyl (C=O) groups is 1. The lowest BCUT2D eigenvalue weighted by Crippen LogP contribution is -2.49. The minimum Gasteiger partial charge on any atom is -0.346 e. The zero-order valence-corrected chi connectivity index (χ0v) is 15.7. The summed E-state index contributed by atoms with van der Waals surface area (Å²) in [5.41, 5.74) is -0.344. The molecule has 1 aliphatic rings. The Hall–Kier alpha value is -2.82. The number of benzene rings is 2. The van der Waals surface area contributed by atoms with Gasteiger partial charge in [0.2, 0.25) is 0 Å². The van der Waals surface area contributed by atoms with Crippen LogP contribution in [0, 0.1) is 5.82 Å². The van der Waals surface area contributed by atoms with E-state index in [9.17, 15) is 13.6 Å². The molecule has 28 heavy (non-hydrogen) atoms. The van der Waals surface area contributed by atoms with Crippen LogP contribution in [-0.2, 0) is 6.42 Å². The van der Waals surface area contributed by atoms with Gasteiger partial charge in [0.15, 0.2) is 0 Å². The molecule has 1 heterocycles. The van der Waals surface area contributed by atoms with Gasteiger partial charge in [0.25, 0.3) is 5.91 Å². The fourth-order valence-corrected chi connectivity index (χ4v) is 3.80. The molecule has 4 rings (SSSR count). The number of halogens is 2. The molecule has 1 aliphatic carbocycles. The number of nitrogens with one attached hydrogen (secondary N) is 1. The highest BCUT2D eigenvalue weighted by molar-refractivity contribution is 5.97. The van der Waals surface area contributed by atoms with E-state index in [2.05, 4.69) is 10.3 Å². The summed E-state index contributed by atoms with van der Waals surface area (Å²) < 4.78 is 28.4. The Balaban J connectivity index is 1.59. The van der Waals surface area contributed by atoms with Crippen LogP contribution < -0.4 is 5.32 Å². The standard InChI is InChI=1S/C23H22F2N2O/c1-22(15-23(25)10-11-23,13-16-6-3-2-4-7-16)27-21(28)18-12-17-8-5-9-19(24)20(17)26-14-18/h2-9,12,14H,10-11,13,15H2,1H3,(H,27,28)/t22-/m1/s1. The maximum Gasteiger partial charge on any atom is 0.253 e. The van der Waals surface area contributed by atoms with Crippen molar-refractivity contribution in [3.63, 3.8) is 0 Å². The summed E-state index contributed by atoms with van der Waals surface area (Å²) in [4.78, 5) is 17.0. The van der Waals surface area contributed by atoms with E-state index < -0.39 is 17.0 Å². The predicted octanol–water partition coefficient (Wildman–Crippen LogP) is 5.00. The number of para-hydroxylation sites is 1. The molecule has 3 nitrogen and oxygen atoms in total. The molecule has 1 N–H and O–H groups in total. The second kappa shape index (κ2) is 6.97. The number of rotatable bonds is 6. The van der Waals surface area contributed by atoms with Crippen LogP contribution in [0.2, 0.25) is 0 Å². The van der Waals surface area contributed by atoms with Crippen molar-refractivity contribution in [2.24, 2.45) is 0 Å². The van der Waals surface area contributed by atoms with E-state index in [0.717, 1.165) is 5.56 Å². The lowest BCUT2D eigenvalue weighted by atomic mass is 9.86. The summed E-state index contributed by atoms with van der Waals surface area (Å²) in [7, 11) is 0. The van der Waals surface area contributed by atoms with Crippen molar-refractivity contribution in [2.75, 3.05) is 0 Å². The van der Waals surface area contributed by atoms with Gasteiger partial charge in [-0.2, -0.15) is 0 Å². The monoisotopic (exact) mass is 380 g/mol. The quantitative estimate of drug-likeness (QED) is 0.654. The third-order valence-electron chi connectivity index (χ3n) is 5.28. The third kappa shape index (κ3) is 4.03. The molecule has 1 amide bonds. The molecule has 5 heteroatoms. The summed E-state index contributed by atoms with van der Waals surface area (Å²) in [5.74, 6) is -0.757. The van der Waals surface area contributed by atoms with Crippen LogP contribution in [0.1, 0.15) is 42.1 Å². The first-order chi connectivity index (χ1) is 13.4. The number of hydrogen-bond donors (Lipinski definition) is 1. The Kier molecular flexibility index (Phi) is 4.61. The average molecular weight is 380 g/mol. The number of hydrogen-bond acceptors (Lipinski definition) is 2. The average Bonchev–Trinajstić information content (AvgIpc) is 3.38. The lowest BCUT2D eigenvalue weighted by Gasteiger charge is -2.33. The molecule has 0 radical (unpaired) electrons. The van der Waals surface area contributed by atoms with Gasteiger partial charge in [0.1, 0.15) is 17.0 Å². The summed E-state index contributed by atoms with van der Waals surface area (Å²) in [6.45, 7) is 1.88. The normalized spacial score (nSPS) is 17.1. The van der Waals surface area contributed by atoms with Gasteiger partial charge < -0.3 is 5.32 Å². The summed E-state index contributed by atoms with van der Waals surface area (Å²) >= 11 is 0. The van der Waals surface area contributed by atoms with Gasteiger partial charge in [-0.3, -0.25) is 9.78 Å². The molecular formula is C23H22F2N2O. The minimum absolute atomic E-state index is 0.229. The van der Waals surface area contributed by atoms with Crippen LogP contribution in [0.15, 0.2) is 60.8 Å². The Morgan fingerprint density at radius 1 is 1.18 bits per heavy atom. The van der Waals surface area contributed by atoms with Gasteiger partial charge >= 0.3 is 0 Å². The van der Waals surface area contributed by atoms with Crippen LogP contribution >= 0.6 is 0 Å². The van der Waals surface area contributed by atoms with Crippen molar-refractivity contribution >= 4 is 16.8 Å². The first-order valence-corrected chi connectivity index (χ1v) is 9.46. The van der Waals surface area contributed by atoms with Crippen LogP contribution in [0.5, 0.6) is 0 Å². The fourth-order valence-electron chi connectivity index (χ4n) is 3.80. The summed E-state index contributed by atoms with van der Waals surface area (Å²) in [6, 6.07) is 16.0. The Labute approximate surface area is 162 Å². The number of pyridine rings is 1. The van der Waals surface area contributed by atoms with Crippen LogP contribution in [0.25, 0.3) is 10.9 Å². The highest BCUT2D eigenvalue weighted by Crippen LogP contribution is 2.46. The molecule has 0 unspecified atom stereocenters. The minimum atomic E-state index is -1.21. The zero-order valence-electron chi connectivity index (χ0n) is 15.7. The summed E-state index contributed by atoms with van der Waals surface area (Å²) in [6.07, 6.45) is 3.22. The first-order valence-electron chi connectivity index (χ1n) is 9.46. The SMILES string of the molecule is C[C@@](Cc1ccccc1)(CC1(F)CC1)NC(=O)c1cnc2c(F)cccc2c1. The van der Waals surface area contributed by atoms with Crippen LogP contribution in [0.4, 0.5) is 8.78 Å².